The Labute approximate surface area is 156 Å². The summed E-state index contributed by atoms with van der Waals surface area (Å²) in [4.78, 5) is 16.7. The second kappa shape index (κ2) is 7.93. The summed E-state index contributed by atoms with van der Waals surface area (Å²) in [5.41, 5.74) is 0.847. The van der Waals surface area contributed by atoms with Crippen molar-refractivity contribution in [2.24, 2.45) is 7.05 Å². The fraction of sp³-hybridized carbons (Fsp3) is 0.158. The normalized spacial score (nSPS) is 11.8. The molecule has 0 bridgehead atoms. The van der Waals surface area contributed by atoms with Crippen LogP contribution in [0.2, 0.25) is 5.02 Å². The molecule has 6 nitrogen and oxygen atoms in total. The molecular formula is C19H18ClN3O3. The number of rotatable bonds is 6. The quantitative estimate of drug-likeness (QED) is 0.698. The van der Waals surface area contributed by atoms with Gasteiger partial charge < -0.3 is 19.7 Å². The Hall–Kier alpha value is -2.99. The molecule has 0 radical (unpaired) electrons. The number of para-hydroxylation sites is 2. The Kier molecular flexibility index (Phi) is 5.43. The zero-order valence-corrected chi connectivity index (χ0v) is 14.8. The molecule has 1 heterocycles. The van der Waals surface area contributed by atoms with Gasteiger partial charge in [-0.05, 0) is 29.8 Å². The van der Waals surface area contributed by atoms with Crippen LogP contribution in [-0.2, 0) is 11.8 Å². The van der Waals surface area contributed by atoms with Gasteiger partial charge in [-0.3, -0.25) is 4.79 Å². The van der Waals surface area contributed by atoms with Crippen LogP contribution < -0.4 is 10.1 Å². The summed E-state index contributed by atoms with van der Waals surface area (Å²) in [6, 6.07) is 13.2. The molecule has 26 heavy (non-hydrogen) atoms. The average molecular weight is 372 g/mol. The van der Waals surface area contributed by atoms with Gasteiger partial charge in [-0.1, -0.05) is 35.9 Å². The molecule has 0 aliphatic rings. The minimum absolute atomic E-state index is 0.0151. The first-order valence-electron chi connectivity index (χ1n) is 7.97. The summed E-state index contributed by atoms with van der Waals surface area (Å²) >= 11 is 5.96. The molecule has 2 aromatic carbocycles. The summed E-state index contributed by atoms with van der Waals surface area (Å²) in [5, 5.41) is 13.2. The molecule has 3 aromatic rings. The Morgan fingerprint density at radius 1 is 1.27 bits per heavy atom. The fourth-order valence-corrected chi connectivity index (χ4v) is 2.66. The summed E-state index contributed by atoms with van der Waals surface area (Å²) in [7, 11) is 1.86. The van der Waals surface area contributed by atoms with E-state index in [1.807, 2.05) is 29.9 Å². The number of aromatic hydroxyl groups is 1. The molecule has 0 aliphatic heterocycles. The second-order valence-corrected chi connectivity index (χ2v) is 6.14. The van der Waals surface area contributed by atoms with Crippen molar-refractivity contribution in [2.75, 3.05) is 6.61 Å². The van der Waals surface area contributed by atoms with Gasteiger partial charge in [-0.25, -0.2) is 4.98 Å². The topological polar surface area (TPSA) is 76.4 Å². The number of benzene rings is 2. The van der Waals surface area contributed by atoms with E-state index in [0.717, 1.165) is 5.56 Å². The number of nitrogens with zero attached hydrogens (tertiary/aromatic N) is 2. The third-order valence-electron chi connectivity index (χ3n) is 3.85. The van der Waals surface area contributed by atoms with Gasteiger partial charge in [0.2, 0.25) is 0 Å². The number of imidazole rings is 1. The number of aryl methyl sites for hydroxylation is 1. The SMILES string of the molecule is Cn1ccnc1[C@H](NC(=O)COc1ccccc1O)c1ccc(Cl)cc1. The van der Waals surface area contributed by atoms with Crippen molar-refractivity contribution in [3.8, 4) is 11.5 Å². The number of hydrogen-bond donors (Lipinski definition) is 2. The highest BCUT2D eigenvalue weighted by molar-refractivity contribution is 6.30. The van der Waals surface area contributed by atoms with E-state index in [1.54, 1.807) is 36.5 Å². The molecular weight excluding hydrogens is 354 g/mol. The van der Waals surface area contributed by atoms with E-state index in [0.29, 0.717) is 10.8 Å². The van der Waals surface area contributed by atoms with Crippen LogP contribution in [0.25, 0.3) is 0 Å². The van der Waals surface area contributed by atoms with Gasteiger partial charge in [-0.2, -0.15) is 0 Å². The Morgan fingerprint density at radius 2 is 2.00 bits per heavy atom. The number of aromatic nitrogens is 2. The molecule has 0 spiro atoms. The van der Waals surface area contributed by atoms with Crippen molar-refractivity contribution in [1.82, 2.24) is 14.9 Å². The van der Waals surface area contributed by atoms with Crippen LogP contribution in [0.15, 0.2) is 60.9 Å². The van der Waals surface area contributed by atoms with Gasteiger partial charge in [-0.15, -0.1) is 0 Å². The lowest BCUT2D eigenvalue weighted by Crippen LogP contribution is -2.34. The number of phenolic OH excluding ortho intramolecular Hbond substituents is 1. The highest BCUT2D eigenvalue weighted by Gasteiger charge is 2.21. The molecule has 0 fully saturated rings. The lowest BCUT2D eigenvalue weighted by molar-refractivity contribution is -0.123. The van der Waals surface area contributed by atoms with Gasteiger partial charge in [0, 0.05) is 24.5 Å². The molecule has 0 saturated carbocycles. The van der Waals surface area contributed by atoms with E-state index < -0.39 is 6.04 Å². The van der Waals surface area contributed by atoms with E-state index in [2.05, 4.69) is 10.3 Å². The molecule has 0 unspecified atom stereocenters. The average Bonchev–Trinajstić information content (AvgIpc) is 3.05. The number of phenols is 1. The highest BCUT2D eigenvalue weighted by Crippen LogP contribution is 2.25. The summed E-state index contributed by atoms with van der Waals surface area (Å²) in [5.74, 6) is 0.584. The summed E-state index contributed by atoms with van der Waals surface area (Å²) < 4.78 is 7.23. The minimum atomic E-state index is -0.451. The maximum atomic E-state index is 12.4. The molecule has 0 saturated heterocycles. The molecule has 1 amide bonds. The van der Waals surface area contributed by atoms with E-state index in [4.69, 9.17) is 16.3 Å². The Bertz CT molecular complexity index is 893. The van der Waals surface area contributed by atoms with Crippen LogP contribution in [0.1, 0.15) is 17.4 Å². The molecule has 2 N–H and O–H groups in total. The number of nitrogens with one attached hydrogen (secondary N) is 1. The third-order valence-corrected chi connectivity index (χ3v) is 4.10. The molecule has 1 aromatic heterocycles. The molecule has 1 atom stereocenters. The minimum Gasteiger partial charge on any atom is -0.504 e. The van der Waals surface area contributed by atoms with Crippen LogP contribution in [0, 0.1) is 0 Å². The van der Waals surface area contributed by atoms with Gasteiger partial charge in [0.25, 0.3) is 5.91 Å². The number of carbonyl (C=O) groups is 1. The first kappa shape index (κ1) is 17.8. The van der Waals surface area contributed by atoms with Crippen LogP contribution in [-0.4, -0.2) is 27.2 Å². The monoisotopic (exact) mass is 371 g/mol. The highest BCUT2D eigenvalue weighted by atomic mass is 35.5. The summed E-state index contributed by atoms with van der Waals surface area (Å²) in [6.07, 6.45) is 3.48. The molecule has 0 aliphatic carbocycles. The molecule has 7 heteroatoms. The van der Waals surface area contributed by atoms with E-state index in [-0.39, 0.29) is 24.0 Å². The molecule has 134 valence electrons. The summed E-state index contributed by atoms with van der Waals surface area (Å²) in [6.45, 7) is -0.230. The lowest BCUT2D eigenvalue weighted by atomic mass is 10.1. The zero-order valence-electron chi connectivity index (χ0n) is 14.1. The predicted molar refractivity (Wildman–Crippen MR) is 98.2 cm³/mol. The predicted octanol–water partition coefficient (Wildman–Crippen LogP) is 3.06. The maximum absolute atomic E-state index is 12.4. The van der Waals surface area contributed by atoms with Crippen molar-refractivity contribution in [2.45, 2.75) is 6.04 Å². The number of amides is 1. The van der Waals surface area contributed by atoms with Crippen LogP contribution in [0.3, 0.4) is 0 Å². The standard InChI is InChI=1S/C19H18ClN3O3/c1-23-11-10-21-19(23)18(13-6-8-14(20)9-7-13)22-17(25)12-26-16-5-3-2-4-15(16)24/h2-11,18,24H,12H2,1H3,(H,22,25)/t18-/m1/s1. The lowest BCUT2D eigenvalue weighted by Gasteiger charge is -2.19. The zero-order chi connectivity index (χ0) is 18.5. The maximum Gasteiger partial charge on any atom is 0.258 e. The number of halogens is 1. The van der Waals surface area contributed by atoms with E-state index >= 15 is 0 Å². The number of hydrogen-bond acceptors (Lipinski definition) is 4. The third kappa shape index (κ3) is 4.15. The number of carbonyl (C=O) groups excluding carboxylic acids is 1. The van der Waals surface area contributed by atoms with Crippen molar-refractivity contribution >= 4 is 17.5 Å². The first-order valence-corrected chi connectivity index (χ1v) is 8.35. The van der Waals surface area contributed by atoms with Gasteiger partial charge in [0.05, 0.1) is 0 Å². The van der Waals surface area contributed by atoms with Gasteiger partial charge in [0.1, 0.15) is 11.9 Å². The number of ether oxygens (including phenoxy) is 1. The van der Waals surface area contributed by atoms with Gasteiger partial charge >= 0.3 is 0 Å². The Balaban J connectivity index is 1.75. The Morgan fingerprint density at radius 3 is 2.65 bits per heavy atom. The van der Waals surface area contributed by atoms with E-state index in [1.165, 1.54) is 6.07 Å². The van der Waals surface area contributed by atoms with Crippen molar-refractivity contribution in [3.63, 3.8) is 0 Å². The van der Waals surface area contributed by atoms with Crippen LogP contribution in [0.4, 0.5) is 0 Å². The van der Waals surface area contributed by atoms with E-state index in [9.17, 15) is 9.90 Å². The fourth-order valence-electron chi connectivity index (χ4n) is 2.53. The smallest absolute Gasteiger partial charge is 0.258 e. The van der Waals surface area contributed by atoms with Crippen LogP contribution >= 0.6 is 11.6 Å². The second-order valence-electron chi connectivity index (χ2n) is 5.70. The molecule has 3 rings (SSSR count). The van der Waals surface area contributed by atoms with Crippen molar-refractivity contribution in [3.05, 3.63) is 77.3 Å². The van der Waals surface area contributed by atoms with Gasteiger partial charge in [0.15, 0.2) is 18.1 Å². The first-order chi connectivity index (χ1) is 12.5. The largest absolute Gasteiger partial charge is 0.504 e. The van der Waals surface area contributed by atoms with Crippen molar-refractivity contribution < 1.29 is 14.6 Å². The van der Waals surface area contributed by atoms with Crippen molar-refractivity contribution in [1.29, 1.82) is 0 Å². The van der Waals surface area contributed by atoms with Crippen LogP contribution in [0.5, 0.6) is 11.5 Å².